The minimum Gasteiger partial charge on any atom is -0.379 e. The molecule has 2 aromatic carbocycles. The van der Waals surface area contributed by atoms with Crippen molar-refractivity contribution in [3.63, 3.8) is 0 Å². The zero-order valence-electron chi connectivity index (χ0n) is 15.8. The summed E-state index contributed by atoms with van der Waals surface area (Å²) in [7, 11) is 0. The average Bonchev–Trinajstić information content (AvgIpc) is 2.69. The van der Waals surface area contributed by atoms with E-state index in [-0.39, 0.29) is 18.9 Å². The molecule has 3 rings (SSSR count). The van der Waals surface area contributed by atoms with Gasteiger partial charge in [0.15, 0.2) is 0 Å². The summed E-state index contributed by atoms with van der Waals surface area (Å²) in [6.07, 6.45) is -2.84. The number of hydrogen-bond acceptors (Lipinski definition) is 2. The molecule has 0 spiro atoms. The third-order valence-corrected chi connectivity index (χ3v) is 5.36. The molecular formula is C22H25F3N2O. The van der Waals surface area contributed by atoms with Gasteiger partial charge in [-0.3, -0.25) is 4.79 Å². The maximum absolute atomic E-state index is 13.2. The standard InChI is InChI=1S/C22H25F3N2O/c1-15(16-7-3-2-4-8-16)26-17-11-13-18(14-12-17)27-21(28)19-9-5-6-10-20(19)22(23,24)25/h2-4,7-8,11-15,19-20,26H,5-6,9-10H2,1H3,(H,27,28). The maximum Gasteiger partial charge on any atom is 0.392 e. The molecule has 0 bridgehead atoms. The van der Waals surface area contributed by atoms with E-state index >= 15 is 0 Å². The van der Waals surface area contributed by atoms with Crippen LogP contribution in [0.4, 0.5) is 24.5 Å². The van der Waals surface area contributed by atoms with Crippen molar-refractivity contribution >= 4 is 17.3 Å². The molecule has 28 heavy (non-hydrogen) atoms. The molecule has 3 unspecified atom stereocenters. The number of nitrogens with one attached hydrogen (secondary N) is 2. The highest BCUT2D eigenvalue weighted by molar-refractivity contribution is 5.93. The summed E-state index contributed by atoms with van der Waals surface area (Å²) < 4.78 is 39.6. The van der Waals surface area contributed by atoms with E-state index in [2.05, 4.69) is 10.6 Å². The molecule has 0 aromatic heterocycles. The van der Waals surface area contributed by atoms with Crippen molar-refractivity contribution in [1.29, 1.82) is 0 Å². The van der Waals surface area contributed by atoms with Gasteiger partial charge in [0.2, 0.25) is 5.91 Å². The second kappa shape index (κ2) is 8.67. The van der Waals surface area contributed by atoms with E-state index in [0.29, 0.717) is 18.5 Å². The average molecular weight is 390 g/mol. The van der Waals surface area contributed by atoms with Crippen LogP contribution in [-0.4, -0.2) is 12.1 Å². The van der Waals surface area contributed by atoms with E-state index in [1.807, 2.05) is 49.4 Å². The van der Waals surface area contributed by atoms with Crippen molar-refractivity contribution in [3.8, 4) is 0 Å². The summed E-state index contributed by atoms with van der Waals surface area (Å²) in [4.78, 5) is 12.4. The van der Waals surface area contributed by atoms with Gasteiger partial charge >= 0.3 is 6.18 Å². The lowest BCUT2D eigenvalue weighted by atomic mass is 9.78. The third kappa shape index (κ3) is 5.06. The number of anilines is 2. The lowest BCUT2D eigenvalue weighted by molar-refractivity contribution is -0.197. The molecule has 2 N–H and O–H groups in total. The minimum atomic E-state index is -4.33. The van der Waals surface area contributed by atoms with Gasteiger partial charge in [-0.05, 0) is 49.6 Å². The first-order valence-corrected chi connectivity index (χ1v) is 9.64. The Hall–Kier alpha value is -2.50. The predicted molar refractivity (Wildman–Crippen MR) is 105 cm³/mol. The molecule has 6 heteroatoms. The van der Waals surface area contributed by atoms with Crippen LogP contribution in [0.15, 0.2) is 54.6 Å². The molecule has 0 heterocycles. The largest absolute Gasteiger partial charge is 0.392 e. The number of rotatable bonds is 5. The Labute approximate surface area is 163 Å². The van der Waals surface area contributed by atoms with Crippen LogP contribution in [0.1, 0.15) is 44.2 Å². The van der Waals surface area contributed by atoms with Gasteiger partial charge in [0, 0.05) is 23.3 Å². The molecule has 0 radical (unpaired) electrons. The first kappa shape index (κ1) is 20.2. The second-order valence-electron chi connectivity index (χ2n) is 7.38. The van der Waals surface area contributed by atoms with E-state index in [1.165, 1.54) is 0 Å². The Balaban J connectivity index is 1.61. The monoisotopic (exact) mass is 390 g/mol. The van der Waals surface area contributed by atoms with E-state index < -0.39 is 23.9 Å². The summed E-state index contributed by atoms with van der Waals surface area (Å²) in [6, 6.07) is 17.2. The lowest BCUT2D eigenvalue weighted by Crippen LogP contribution is -2.39. The van der Waals surface area contributed by atoms with Gasteiger partial charge in [-0.15, -0.1) is 0 Å². The van der Waals surface area contributed by atoms with Crippen molar-refractivity contribution < 1.29 is 18.0 Å². The maximum atomic E-state index is 13.2. The number of benzene rings is 2. The Morgan fingerprint density at radius 1 is 0.964 bits per heavy atom. The van der Waals surface area contributed by atoms with Crippen LogP contribution in [0.5, 0.6) is 0 Å². The number of carbonyl (C=O) groups is 1. The highest BCUT2D eigenvalue weighted by atomic mass is 19.4. The zero-order valence-corrected chi connectivity index (χ0v) is 15.8. The first-order chi connectivity index (χ1) is 13.3. The van der Waals surface area contributed by atoms with Crippen LogP contribution in [0, 0.1) is 11.8 Å². The lowest BCUT2D eigenvalue weighted by Gasteiger charge is -2.32. The van der Waals surface area contributed by atoms with Crippen LogP contribution in [0.2, 0.25) is 0 Å². The number of halogens is 3. The molecule has 1 saturated carbocycles. The normalized spacial score (nSPS) is 21.0. The highest BCUT2D eigenvalue weighted by Gasteiger charge is 2.48. The number of amides is 1. The molecule has 1 fully saturated rings. The second-order valence-corrected chi connectivity index (χ2v) is 7.38. The van der Waals surface area contributed by atoms with E-state index in [4.69, 9.17) is 0 Å². The molecule has 0 saturated heterocycles. The van der Waals surface area contributed by atoms with Crippen LogP contribution < -0.4 is 10.6 Å². The van der Waals surface area contributed by atoms with Crippen LogP contribution in [0.3, 0.4) is 0 Å². The molecule has 1 aliphatic rings. The zero-order chi connectivity index (χ0) is 20.1. The third-order valence-electron chi connectivity index (χ3n) is 5.36. The highest BCUT2D eigenvalue weighted by Crippen LogP contribution is 2.41. The van der Waals surface area contributed by atoms with Crippen molar-refractivity contribution in [2.75, 3.05) is 10.6 Å². The smallest absolute Gasteiger partial charge is 0.379 e. The number of carbonyl (C=O) groups excluding carboxylic acids is 1. The van der Waals surface area contributed by atoms with Crippen LogP contribution in [-0.2, 0) is 4.79 Å². The van der Waals surface area contributed by atoms with Crippen molar-refractivity contribution in [2.24, 2.45) is 11.8 Å². The van der Waals surface area contributed by atoms with E-state index in [0.717, 1.165) is 11.3 Å². The van der Waals surface area contributed by atoms with Gasteiger partial charge in [-0.25, -0.2) is 0 Å². The molecule has 3 nitrogen and oxygen atoms in total. The van der Waals surface area contributed by atoms with Gasteiger partial charge in [-0.1, -0.05) is 43.2 Å². The van der Waals surface area contributed by atoms with Crippen LogP contribution in [0.25, 0.3) is 0 Å². The molecular weight excluding hydrogens is 365 g/mol. The van der Waals surface area contributed by atoms with Gasteiger partial charge in [0.25, 0.3) is 0 Å². The summed E-state index contributed by atoms with van der Waals surface area (Å²) >= 11 is 0. The van der Waals surface area contributed by atoms with Crippen molar-refractivity contribution in [3.05, 3.63) is 60.2 Å². The topological polar surface area (TPSA) is 41.1 Å². The van der Waals surface area contributed by atoms with Crippen molar-refractivity contribution in [2.45, 2.75) is 44.8 Å². The SMILES string of the molecule is CC(Nc1ccc(NC(=O)C2CCCCC2C(F)(F)F)cc1)c1ccccc1. The molecule has 2 aromatic rings. The minimum absolute atomic E-state index is 0.0296. The van der Waals surface area contributed by atoms with E-state index in [1.54, 1.807) is 12.1 Å². The Bertz CT molecular complexity index is 775. The Morgan fingerprint density at radius 2 is 1.57 bits per heavy atom. The molecule has 0 aliphatic heterocycles. The van der Waals surface area contributed by atoms with Gasteiger partial charge in [0.1, 0.15) is 0 Å². The first-order valence-electron chi connectivity index (χ1n) is 9.64. The van der Waals surface area contributed by atoms with Gasteiger partial charge in [0.05, 0.1) is 5.92 Å². The summed E-state index contributed by atoms with van der Waals surface area (Å²) in [5, 5.41) is 6.03. The Morgan fingerprint density at radius 3 is 2.21 bits per heavy atom. The Kier molecular flexibility index (Phi) is 6.27. The fraction of sp³-hybridized carbons (Fsp3) is 0.409. The molecule has 1 aliphatic carbocycles. The summed E-state index contributed by atoms with van der Waals surface area (Å²) in [6.45, 7) is 2.05. The number of alkyl halides is 3. The van der Waals surface area contributed by atoms with Crippen molar-refractivity contribution in [1.82, 2.24) is 0 Å². The molecule has 3 atom stereocenters. The summed E-state index contributed by atoms with van der Waals surface area (Å²) in [5.74, 6) is -3.10. The quantitative estimate of drug-likeness (QED) is 0.641. The van der Waals surface area contributed by atoms with E-state index in [9.17, 15) is 18.0 Å². The van der Waals surface area contributed by atoms with Crippen LogP contribution >= 0.6 is 0 Å². The van der Waals surface area contributed by atoms with Gasteiger partial charge in [-0.2, -0.15) is 13.2 Å². The molecule has 1 amide bonds. The molecule has 150 valence electrons. The van der Waals surface area contributed by atoms with Gasteiger partial charge < -0.3 is 10.6 Å². The fourth-order valence-corrected chi connectivity index (χ4v) is 3.80. The summed E-state index contributed by atoms with van der Waals surface area (Å²) in [5.41, 5.74) is 2.53. The number of hydrogen-bond donors (Lipinski definition) is 2. The predicted octanol–water partition coefficient (Wildman–Crippen LogP) is 6.17. The fourth-order valence-electron chi connectivity index (χ4n) is 3.80.